The van der Waals surface area contributed by atoms with Gasteiger partial charge in [0.05, 0.1) is 6.54 Å². The molecule has 0 bridgehead atoms. The maximum Gasteiger partial charge on any atom is 0.324 e. The van der Waals surface area contributed by atoms with E-state index in [9.17, 15) is 9.59 Å². The molecule has 0 aromatic rings. The summed E-state index contributed by atoms with van der Waals surface area (Å²) in [7, 11) is 0. The fourth-order valence-corrected chi connectivity index (χ4v) is 1.08. The van der Waals surface area contributed by atoms with Gasteiger partial charge in [-0.3, -0.25) is 9.69 Å². The molecule has 1 rings (SSSR count). The van der Waals surface area contributed by atoms with Crippen molar-refractivity contribution in [3.63, 3.8) is 0 Å². The minimum absolute atomic E-state index is 0.115. The quantitative estimate of drug-likeness (QED) is 0.591. The molecule has 3 amide bonds. The zero-order valence-corrected chi connectivity index (χ0v) is 7.96. The zero-order valence-electron chi connectivity index (χ0n) is 7.96. The average Bonchev–Trinajstić information content (AvgIpc) is 2.27. The number of rotatable bonds is 3. The van der Waals surface area contributed by atoms with Crippen molar-refractivity contribution in [2.24, 2.45) is 5.73 Å². The summed E-state index contributed by atoms with van der Waals surface area (Å²) in [6.07, 6.45) is 0.617. The summed E-state index contributed by atoms with van der Waals surface area (Å²) >= 11 is 0. The number of nitrogens with zero attached hydrogens (tertiary/aromatic N) is 1. The summed E-state index contributed by atoms with van der Waals surface area (Å²) in [5.74, 6) is -0.172. The van der Waals surface area contributed by atoms with Crippen molar-refractivity contribution in [1.29, 1.82) is 0 Å². The second-order valence-electron chi connectivity index (χ2n) is 3.94. The Morgan fingerprint density at radius 1 is 1.54 bits per heavy atom. The molecule has 0 aliphatic carbocycles. The van der Waals surface area contributed by atoms with E-state index in [1.54, 1.807) is 0 Å². The van der Waals surface area contributed by atoms with Crippen molar-refractivity contribution in [1.82, 2.24) is 10.2 Å². The van der Waals surface area contributed by atoms with Crippen LogP contribution in [0.5, 0.6) is 0 Å². The van der Waals surface area contributed by atoms with Crippen LogP contribution in [0, 0.1) is 0 Å². The Labute approximate surface area is 77.3 Å². The van der Waals surface area contributed by atoms with Gasteiger partial charge < -0.3 is 11.1 Å². The monoisotopic (exact) mass is 185 g/mol. The predicted octanol–water partition coefficient (Wildman–Crippen LogP) is -0.334. The number of carbonyl (C=O) groups is 2. The minimum Gasteiger partial charge on any atom is -0.329 e. The molecule has 0 aromatic carbocycles. The number of nitrogens with two attached hydrogens (primary N) is 1. The summed E-state index contributed by atoms with van der Waals surface area (Å²) in [5.41, 5.74) is 5.39. The first-order valence-electron chi connectivity index (χ1n) is 4.27. The van der Waals surface area contributed by atoms with Crippen molar-refractivity contribution in [2.75, 3.05) is 13.1 Å². The molecule has 1 heterocycles. The lowest BCUT2D eigenvalue weighted by Crippen LogP contribution is -2.39. The molecule has 1 aliphatic heterocycles. The molecule has 0 aromatic heterocycles. The largest absolute Gasteiger partial charge is 0.329 e. The van der Waals surface area contributed by atoms with E-state index in [2.05, 4.69) is 5.32 Å². The van der Waals surface area contributed by atoms with Crippen LogP contribution < -0.4 is 11.1 Å². The molecule has 0 saturated carbocycles. The second-order valence-corrected chi connectivity index (χ2v) is 3.94. The van der Waals surface area contributed by atoms with Crippen LogP contribution in [-0.2, 0) is 4.79 Å². The molecule has 74 valence electrons. The van der Waals surface area contributed by atoms with Crippen LogP contribution in [-0.4, -0.2) is 35.5 Å². The number of urea groups is 1. The summed E-state index contributed by atoms with van der Waals surface area (Å²) in [6.45, 7) is 4.24. The third kappa shape index (κ3) is 2.69. The number of nitrogens with one attached hydrogen (secondary N) is 1. The molecule has 13 heavy (non-hydrogen) atoms. The van der Waals surface area contributed by atoms with E-state index < -0.39 is 0 Å². The van der Waals surface area contributed by atoms with Crippen molar-refractivity contribution in [2.45, 2.75) is 25.8 Å². The number of imide groups is 1. The van der Waals surface area contributed by atoms with Crippen LogP contribution in [0.2, 0.25) is 0 Å². The van der Waals surface area contributed by atoms with Crippen LogP contribution >= 0.6 is 0 Å². The molecular formula is C8H15N3O2. The van der Waals surface area contributed by atoms with Gasteiger partial charge in [-0.1, -0.05) is 0 Å². The maximum absolute atomic E-state index is 11.1. The first-order chi connectivity index (χ1) is 5.90. The van der Waals surface area contributed by atoms with Crippen molar-refractivity contribution < 1.29 is 9.59 Å². The summed E-state index contributed by atoms with van der Waals surface area (Å²) in [5, 5.41) is 2.45. The van der Waals surface area contributed by atoms with E-state index in [0.717, 1.165) is 0 Å². The lowest BCUT2D eigenvalue weighted by atomic mass is 10.0. The SMILES string of the molecule is CC(C)(N)CCN1C(=O)CNC1=O. The molecule has 0 atom stereocenters. The highest BCUT2D eigenvalue weighted by atomic mass is 16.2. The minimum atomic E-state index is -0.344. The number of hydrogen-bond acceptors (Lipinski definition) is 3. The molecule has 3 N–H and O–H groups in total. The summed E-state index contributed by atoms with van der Waals surface area (Å²) in [6, 6.07) is -0.311. The molecular weight excluding hydrogens is 170 g/mol. The van der Waals surface area contributed by atoms with Crippen molar-refractivity contribution in [3.05, 3.63) is 0 Å². The lowest BCUT2D eigenvalue weighted by molar-refractivity contribution is -0.125. The van der Waals surface area contributed by atoms with E-state index >= 15 is 0 Å². The van der Waals surface area contributed by atoms with Crippen LogP contribution in [0.4, 0.5) is 4.79 Å². The smallest absolute Gasteiger partial charge is 0.324 e. The fraction of sp³-hybridized carbons (Fsp3) is 0.750. The van der Waals surface area contributed by atoms with Gasteiger partial charge in [0.15, 0.2) is 0 Å². The van der Waals surface area contributed by atoms with E-state index in [-0.39, 0.29) is 24.0 Å². The normalized spacial score (nSPS) is 17.9. The van der Waals surface area contributed by atoms with Gasteiger partial charge in [-0.05, 0) is 20.3 Å². The molecule has 1 aliphatic rings. The summed E-state index contributed by atoms with van der Waals surface area (Å²) < 4.78 is 0. The Kier molecular flexibility index (Phi) is 2.56. The van der Waals surface area contributed by atoms with Gasteiger partial charge in [-0.15, -0.1) is 0 Å². The third-order valence-electron chi connectivity index (χ3n) is 1.92. The number of amides is 3. The standard InChI is InChI=1S/C8H15N3O2/c1-8(2,9)3-4-11-6(12)5-10-7(11)13/h3-5,9H2,1-2H3,(H,10,13). The molecule has 5 nitrogen and oxygen atoms in total. The first kappa shape index (κ1) is 9.98. The predicted molar refractivity (Wildman–Crippen MR) is 48.0 cm³/mol. The Bertz CT molecular complexity index is 216. The third-order valence-corrected chi connectivity index (χ3v) is 1.92. The van der Waals surface area contributed by atoms with E-state index in [4.69, 9.17) is 5.73 Å². The molecule has 0 spiro atoms. The van der Waals surface area contributed by atoms with Gasteiger partial charge in [0.1, 0.15) is 0 Å². The Balaban J connectivity index is 2.45. The average molecular weight is 185 g/mol. The van der Waals surface area contributed by atoms with Crippen LogP contribution in [0.1, 0.15) is 20.3 Å². The van der Waals surface area contributed by atoms with Gasteiger partial charge >= 0.3 is 6.03 Å². The molecule has 1 fully saturated rings. The lowest BCUT2D eigenvalue weighted by Gasteiger charge is -2.21. The molecule has 0 unspecified atom stereocenters. The Morgan fingerprint density at radius 2 is 2.15 bits per heavy atom. The van der Waals surface area contributed by atoms with Crippen LogP contribution in [0.25, 0.3) is 0 Å². The summed E-state index contributed by atoms with van der Waals surface area (Å²) in [4.78, 5) is 23.4. The van der Waals surface area contributed by atoms with Crippen molar-refractivity contribution in [3.8, 4) is 0 Å². The zero-order chi connectivity index (χ0) is 10.1. The van der Waals surface area contributed by atoms with Crippen LogP contribution in [0.15, 0.2) is 0 Å². The topological polar surface area (TPSA) is 75.4 Å². The van der Waals surface area contributed by atoms with E-state index in [0.29, 0.717) is 13.0 Å². The Morgan fingerprint density at radius 3 is 2.54 bits per heavy atom. The first-order valence-corrected chi connectivity index (χ1v) is 4.27. The highest BCUT2D eigenvalue weighted by molar-refractivity contribution is 6.01. The highest BCUT2D eigenvalue weighted by Gasteiger charge is 2.29. The second kappa shape index (κ2) is 3.33. The fourth-order valence-electron chi connectivity index (χ4n) is 1.08. The highest BCUT2D eigenvalue weighted by Crippen LogP contribution is 2.07. The van der Waals surface area contributed by atoms with E-state index in [1.807, 2.05) is 13.8 Å². The van der Waals surface area contributed by atoms with Gasteiger partial charge in [0.2, 0.25) is 5.91 Å². The van der Waals surface area contributed by atoms with E-state index in [1.165, 1.54) is 4.90 Å². The maximum atomic E-state index is 11.1. The van der Waals surface area contributed by atoms with Gasteiger partial charge in [0.25, 0.3) is 0 Å². The molecule has 0 radical (unpaired) electrons. The van der Waals surface area contributed by atoms with Crippen molar-refractivity contribution >= 4 is 11.9 Å². The van der Waals surface area contributed by atoms with Crippen LogP contribution in [0.3, 0.4) is 0 Å². The van der Waals surface area contributed by atoms with Gasteiger partial charge in [-0.25, -0.2) is 4.79 Å². The molecule has 1 saturated heterocycles. The van der Waals surface area contributed by atoms with Gasteiger partial charge in [-0.2, -0.15) is 0 Å². The number of carbonyl (C=O) groups excluding carboxylic acids is 2. The molecule has 5 heteroatoms. The number of hydrogen-bond donors (Lipinski definition) is 2. The van der Waals surface area contributed by atoms with Gasteiger partial charge in [0, 0.05) is 12.1 Å². The Hall–Kier alpha value is -1.10.